The number of nitrogens with zero attached hydrogens (tertiary/aromatic N) is 3. The van der Waals surface area contributed by atoms with Crippen LogP contribution in [0.2, 0.25) is 0 Å². The summed E-state index contributed by atoms with van der Waals surface area (Å²) >= 11 is 0. The van der Waals surface area contributed by atoms with E-state index in [4.69, 9.17) is 0 Å². The maximum Gasteiger partial charge on any atom is 0.303 e. The zero-order chi connectivity index (χ0) is 28.9. The molecular formula is C31H35FN4O4S. The molecule has 0 radical (unpaired) electrons. The second-order valence-corrected chi connectivity index (χ2v) is 13.4. The molecule has 1 N–H and O–H groups in total. The number of rotatable bonds is 5. The number of nitrogens with one attached hydrogen (secondary N) is 1. The summed E-state index contributed by atoms with van der Waals surface area (Å²) in [6.07, 6.45) is 6.85. The van der Waals surface area contributed by atoms with E-state index in [1.807, 2.05) is 30.3 Å². The lowest BCUT2D eigenvalue weighted by Gasteiger charge is -2.24. The van der Waals surface area contributed by atoms with Crippen LogP contribution in [0.4, 0.5) is 4.39 Å². The standard InChI is InChI=1S/C31H35FN4O4S/c1-34(2)41(39,40)33-30(37)22-12-13-26-27(17-22)36-18-23(31(38)35-15-14-24(32)19-35)16-21-10-6-7-11-25(21)29(36)28(26)20-8-4-3-5-9-20/h6-7,10-13,16-17,20,24H,3-5,8-9,14-15,18-19H2,1-2H3,(H,33,37)/t24-/m0/s1. The summed E-state index contributed by atoms with van der Waals surface area (Å²) in [5.74, 6) is -0.574. The average Bonchev–Trinajstić information content (AvgIpc) is 3.48. The molecule has 0 spiro atoms. The Morgan fingerprint density at radius 1 is 1.02 bits per heavy atom. The Hall–Kier alpha value is -3.50. The first-order valence-electron chi connectivity index (χ1n) is 14.3. The van der Waals surface area contributed by atoms with Gasteiger partial charge in [0.2, 0.25) is 0 Å². The second-order valence-electron chi connectivity index (χ2n) is 11.5. The minimum atomic E-state index is -3.97. The van der Waals surface area contributed by atoms with E-state index < -0.39 is 22.3 Å². The van der Waals surface area contributed by atoms with Gasteiger partial charge in [-0.25, -0.2) is 9.11 Å². The molecule has 1 aliphatic carbocycles. The summed E-state index contributed by atoms with van der Waals surface area (Å²) in [4.78, 5) is 28.4. The zero-order valence-electron chi connectivity index (χ0n) is 23.4. The van der Waals surface area contributed by atoms with Crippen molar-refractivity contribution in [2.24, 2.45) is 0 Å². The predicted octanol–water partition coefficient (Wildman–Crippen LogP) is 4.86. The van der Waals surface area contributed by atoms with Crippen LogP contribution in [0.25, 0.3) is 28.2 Å². The maximum absolute atomic E-state index is 14.1. The normalized spacial score (nSPS) is 19.6. The number of amides is 2. The molecule has 2 aliphatic heterocycles. The fourth-order valence-electron chi connectivity index (χ4n) is 6.52. The number of hydrogen-bond acceptors (Lipinski definition) is 4. The summed E-state index contributed by atoms with van der Waals surface area (Å²) in [5, 5.41) is 1.01. The third kappa shape index (κ3) is 5.08. The van der Waals surface area contributed by atoms with Crippen molar-refractivity contribution in [3.05, 3.63) is 64.7 Å². The molecule has 3 aliphatic rings. The van der Waals surface area contributed by atoms with Crippen LogP contribution in [-0.2, 0) is 21.5 Å². The molecule has 41 heavy (non-hydrogen) atoms. The van der Waals surface area contributed by atoms with Crippen LogP contribution >= 0.6 is 0 Å². The molecule has 3 heterocycles. The van der Waals surface area contributed by atoms with E-state index in [1.54, 1.807) is 17.0 Å². The highest BCUT2D eigenvalue weighted by atomic mass is 32.2. The third-order valence-electron chi connectivity index (χ3n) is 8.65. The van der Waals surface area contributed by atoms with E-state index in [1.165, 1.54) is 26.1 Å². The van der Waals surface area contributed by atoms with Gasteiger partial charge in [-0.2, -0.15) is 12.7 Å². The van der Waals surface area contributed by atoms with Crippen LogP contribution < -0.4 is 4.72 Å². The van der Waals surface area contributed by atoms with E-state index in [2.05, 4.69) is 15.4 Å². The molecule has 2 amide bonds. The molecule has 216 valence electrons. The van der Waals surface area contributed by atoms with Crippen LogP contribution in [0, 0.1) is 0 Å². The molecule has 1 atom stereocenters. The van der Waals surface area contributed by atoms with Gasteiger partial charge < -0.3 is 9.47 Å². The van der Waals surface area contributed by atoms with Crippen LogP contribution in [0.15, 0.2) is 48.0 Å². The number of hydrogen-bond donors (Lipinski definition) is 1. The summed E-state index contributed by atoms with van der Waals surface area (Å²) in [6, 6.07) is 13.3. The highest BCUT2D eigenvalue weighted by Crippen LogP contribution is 2.46. The lowest BCUT2D eigenvalue weighted by atomic mass is 9.81. The van der Waals surface area contributed by atoms with Crippen molar-refractivity contribution in [2.75, 3.05) is 27.2 Å². The van der Waals surface area contributed by atoms with E-state index >= 15 is 0 Å². The Labute approximate surface area is 240 Å². The first-order chi connectivity index (χ1) is 19.6. The van der Waals surface area contributed by atoms with Gasteiger partial charge in [-0.3, -0.25) is 9.59 Å². The summed E-state index contributed by atoms with van der Waals surface area (Å²) in [6.45, 7) is 0.742. The summed E-state index contributed by atoms with van der Waals surface area (Å²) in [5.41, 5.74) is 5.74. The van der Waals surface area contributed by atoms with Gasteiger partial charge in [-0.15, -0.1) is 0 Å². The first kappa shape index (κ1) is 27.7. The van der Waals surface area contributed by atoms with Gasteiger partial charge in [0.25, 0.3) is 11.8 Å². The van der Waals surface area contributed by atoms with Crippen molar-refractivity contribution in [1.29, 1.82) is 0 Å². The molecule has 2 aromatic carbocycles. The quantitative estimate of drug-likeness (QED) is 0.468. The summed E-state index contributed by atoms with van der Waals surface area (Å²) < 4.78 is 44.0. The van der Waals surface area contributed by atoms with Gasteiger partial charge in [-0.1, -0.05) is 49.6 Å². The smallest absolute Gasteiger partial charge is 0.303 e. The van der Waals surface area contributed by atoms with Crippen LogP contribution in [0.3, 0.4) is 0 Å². The Morgan fingerprint density at radius 3 is 2.49 bits per heavy atom. The minimum Gasteiger partial charge on any atom is -0.336 e. The van der Waals surface area contributed by atoms with Gasteiger partial charge in [-0.05, 0) is 54.5 Å². The van der Waals surface area contributed by atoms with Crippen molar-refractivity contribution in [1.82, 2.24) is 18.5 Å². The number of benzene rings is 2. The fraction of sp³-hybridized carbons (Fsp3) is 0.419. The van der Waals surface area contributed by atoms with E-state index in [9.17, 15) is 22.4 Å². The molecule has 1 saturated heterocycles. The van der Waals surface area contributed by atoms with Crippen LogP contribution in [0.5, 0.6) is 0 Å². The molecule has 6 rings (SSSR count). The number of halogens is 1. The Morgan fingerprint density at radius 2 is 1.78 bits per heavy atom. The molecule has 0 unspecified atom stereocenters. The van der Waals surface area contributed by atoms with Gasteiger partial charge >= 0.3 is 10.2 Å². The van der Waals surface area contributed by atoms with Gasteiger partial charge in [0.15, 0.2) is 0 Å². The SMILES string of the molecule is CN(C)S(=O)(=O)NC(=O)c1ccc2c(C3CCCCC3)c3n(c2c1)CC(C(=O)N1CC[C@H](F)C1)=Cc1ccccc1-3. The number of carbonyl (C=O) groups excluding carboxylic acids is 2. The first-order valence-corrected chi connectivity index (χ1v) is 15.7. The van der Waals surface area contributed by atoms with Crippen LogP contribution in [0.1, 0.15) is 65.9 Å². The molecule has 8 nitrogen and oxygen atoms in total. The second kappa shape index (κ2) is 10.7. The monoisotopic (exact) mass is 578 g/mol. The zero-order valence-corrected chi connectivity index (χ0v) is 24.2. The highest BCUT2D eigenvalue weighted by Gasteiger charge is 2.33. The Balaban J connectivity index is 1.54. The highest BCUT2D eigenvalue weighted by molar-refractivity contribution is 7.87. The van der Waals surface area contributed by atoms with Crippen molar-refractivity contribution in [3.8, 4) is 11.3 Å². The number of likely N-dealkylation sites (tertiary alicyclic amines) is 1. The molecule has 1 aromatic heterocycles. The molecule has 1 saturated carbocycles. The van der Waals surface area contributed by atoms with Crippen molar-refractivity contribution in [3.63, 3.8) is 0 Å². The summed E-state index contributed by atoms with van der Waals surface area (Å²) in [7, 11) is -1.26. The molecular weight excluding hydrogens is 543 g/mol. The molecule has 0 bridgehead atoms. The number of aromatic nitrogens is 1. The van der Waals surface area contributed by atoms with Gasteiger partial charge in [0.1, 0.15) is 6.17 Å². The molecule has 10 heteroatoms. The topological polar surface area (TPSA) is 91.7 Å². The fourth-order valence-corrected chi connectivity index (χ4v) is 7.06. The Kier molecular flexibility index (Phi) is 7.23. The Bertz CT molecular complexity index is 1670. The van der Waals surface area contributed by atoms with E-state index in [0.717, 1.165) is 57.7 Å². The number of carbonyl (C=O) groups is 2. The van der Waals surface area contributed by atoms with Crippen LogP contribution in [-0.4, -0.2) is 67.4 Å². The average molecular weight is 579 g/mol. The number of alkyl halides is 1. The maximum atomic E-state index is 14.1. The predicted molar refractivity (Wildman–Crippen MR) is 157 cm³/mol. The van der Waals surface area contributed by atoms with Gasteiger partial charge in [0.05, 0.1) is 18.8 Å². The van der Waals surface area contributed by atoms with E-state index in [-0.39, 0.29) is 24.6 Å². The van der Waals surface area contributed by atoms with Gasteiger partial charge in [0, 0.05) is 48.2 Å². The minimum absolute atomic E-state index is 0.0924. The lowest BCUT2D eigenvalue weighted by molar-refractivity contribution is -0.126. The van der Waals surface area contributed by atoms with Crippen molar-refractivity contribution in [2.45, 2.75) is 57.2 Å². The molecule has 3 aromatic rings. The van der Waals surface area contributed by atoms with E-state index in [0.29, 0.717) is 24.5 Å². The van der Waals surface area contributed by atoms with Crippen molar-refractivity contribution >= 4 is 39.0 Å². The lowest BCUT2D eigenvalue weighted by Crippen LogP contribution is -2.39. The molecule has 2 fully saturated rings. The van der Waals surface area contributed by atoms with Crippen molar-refractivity contribution < 1.29 is 22.4 Å². The number of fused-ring (bicyclic) bond motifs is 5. The largest absolute Gasteiger partial charge is 0.336 e. The third-order valence-corrected chi connectivity index (χ3v) is 10.1.